The first kappa shape index (κ1) is 10.6. The van der Waals surface area contributed by atoms with Gasteiger partial charge in [-0.1, -0.05) is 5.10 Å². The van der Waals surface area contributed by atoms with Gasteiger partial charge in [0.15, 0.2) is 12.9 Å². The largest absolute Gasteiger partial charge is 0.548 e. The zero-order chi connectivity index (χ0) is 13.0. The third-order valence-electron chi connectivity index (χ3n) is 3.31. The van der Waals surface area contributed by atoms with Crippen LogP contribution >= 0.6 is 11.3 Å². The summed E-state index contributed by atoms with van der Waals surface area (Å²) in [6.07, 6.45) is 3.63. The van der Waals surface area contributed by atoms with Crippen LogP contribution in [0.3, 0.4) is 0 Å². The summed E-state index contributed by atoms with van der Waals surface area (Å²) in [5.74, 6) is 0.459. The number of rotatable bonds is 0. The van der Waals surface area contributed by atoms with Crippen LogP contribution < -0.4 is 0 Å². The van der Waals surface area contributed by atoms with Crippen LogP contribution in [-0.4, -0.2) is 37.5 Å². The first-order valence-electron chi connectivity index (χ1n) is 5.56. The van der Waals surface area contributed by atoms with E-state index in [0.717, 1.165) is 16.3 Å². The molecule has 1 atom stereocenters. The number of hydrogen-bond acceptors (Lipinski definition) is 5. The summed E-state index contributed by atoms with van der Waals surface area (Å²) in [6, 6.07) is 1.94. The fourth-order valence-corrected chi connectivity index (χ4v) is 3.35. The van der Waals surface area contributed by atoms with E-state index in [1.165, 1.54) is 17.7 Å². The van der Waals surface area contributed by atoms with Gasteiger partial charge in [-0.3, -0.25) is 4.57 Å². The van der Waals surface area contributed by atoms with Gasteiger partial charge in [0.25, 0.3) is 5.84 Å². The molecule has 0 spiro atoms. The summed E-state index contributed by atoms with van der Waals surface area (Å²) in [5, 5.41) is 15.6. The Bertz CT molecular complexity index is 759. The predicted octanol–water partition coefficient (Wildman–Crippen LogP) is 1.65. The van der Waals surface area contributed by atoms with E-state index >= 15 is 0 Å². The van der Waals surface area contributed by atoms with Crippen molar-refractivity contribution in [2.45, 2.75) is 6.54 Å². The monoisotopic (exact) mass is 274 g/mol. The number of amidine groups is 1. The first-order valence-corrected chi connectivity index (χ1v) is 6.44. The lowest BCUT2D eigenvalue weighted by molar-refractivity contribution is -0.784. The van der Waals surface area contributed by atoms with Crippen molar-refractivity contribution in [1.82, 2.24) is 9.55 Å². The molecule has 4 rings (SSSR count). The number of carboxylic acid groups (broad SMARTS) is 1. The number of imidazole rings is 1. The fourth-order valence-electron chi connectivity index (χ4n) is 2.42. The number of fused-ring (bicyclic) bond motifs is 5. The van der Waals surface area contributed by atoms with E-state index in [2.05, 4.69) is 15.1 Å². The molecule has 2 aromatic heterocycles. The maximum atomic E-state index is 11.7. The second-order valence-corrected chi connectivity index (χ2v) is 5.20. The SMILES string of the molecule is O=C(O)[N+]12Cc3cncn3-c3ccsc3C1=NC=N2. The van der Waals surface area contributed by atoms with Crippen molar-refractivity contribution in [1.29, 1.82) is 0 Å². The average Bonchev–Trinajstić information content (AvgIpc) is 3.07. The molecular formula is C11H8N5O2S+. The number of hydrogen-bond donors (Lipinski definition) is 1. The van der Waals surface area contributed by atoms with E-state index < -0.39 is 10.7 Å². The van der Waals surface area contributed by atoms with Crippen LogP contribution in [0.5, 0.6) is 0 Å². The molecule has 7 nitrogen and oxygen atoms in total. The van der Waals surface area contributed by atoms with Crippen LogP contribution in [0.25, 0.3) is 5.69 Å². The summed E-state index contributed by atoms with van der Waals surface area (Å²) in [7, 11) is 0. The number of carbonyl (C=O) groups is 1. The van der Waals surface area contributed by atoms with Gasteiger partial charge in [0, 0.05) is 0 Å². The number of quaternary nitrogens is 1. The molecule has 19 heavy (non-hydrogen) atoms. The Morgan fingerprint density at radius 3 is 3.26 bits per heavy atom. The van der Waals surface area contributed by atoms with Gasteiger partial charge in [-0.25, -0.2) is 4.98 Å². The van der Waals surface area contributed by atoms with Gasteiger partial charge in [-0.05, 0) is 16.0 Å². The van der Waals surface area contributed by atoms with Crippen molar-refractivity contribution in [3.05, 3.63) is 34.5 Å². The summed E-state index contributed by atoms with van der Waals surface area (Å²) in [5.41, 5.74) is 1.70. The number of amides is 1. The molecule has 0 aliphatic carbocycles. The second kappa shape index (κ2) is 3.37. The molecule has 1 N–H and O–H groups in total. The van der Waals surface area contributed by atoms with Crippen LogP contribution in [0, 0.1) is 0 Å². The van der Waals surface area contributed by atoms with E-state index in [1.54, 1.807) is 12.5 Å². The van der Waals surface area contributed by atoms with Gasteiger partial charge >= 0.3 is 6.09 Å². The zero-order valence-electron chi connectivity index (χ0n) is 9.59. The van der Waals surface area contributed by atoms with Crippen molar-refractivity contribution in [3.63, 3.8) is 0 Å². The highest BCUT2D eigenvalue weighted by atomic mass is 32.1. The van der Waals surface area contributed by atoms with E-state index in [4.69, 9.17) is 0 Å². The highest BCUT2D eigenvalue weighted by molar-refractivity contribution is 7.12. The number of aliphatic imine (C=N–C) groups is 1. The predicted molar refractivity (Wildman–Crippen MR) is 68.5 cm³/mol. The molecule has 1 amide bonds. The van der Waals surface area contributed by atoms with E-state index in [9.17, 15) is 9.90 Å². The average molecular weight is 274 g/mol. The van der Waals surface area contributed by atoms with Crippen LogP contribution in [0.2, 0.25) is 0 Å². The zero-order valence-corrected chi connectivity index (χ0v) is 10.4. The molecule has 0 saturated carbocycles. The lowest BCUT2D eigenvalue weighted by Crippen LogP contribution is -2.49. The molecular weight excluding hydrogens is 266 g/mol. The molecule has 0 bridgehead atoms. The van der Waals surface area contributed by atoms with Gasteiger partial charge in [0.05, 0.1) is 18.2 Å². The smallest absolute Gasteiger partial charge is 0.433 e. The van der Waals surface area contributed by atoms with Crippen molar-refractivity contribution in [2.24, 2.45) is 10.1 Å². The van der Waals surface area contributed by atoms with Crippen LogP contribution in [0.4, 0.5) is 4.79 Å². The van der Waals surface area contributed by atoms with Crippen molar-refractivity contribution in [2.75, 3.05) is 0 Å². The molecule has 8 heteroatoms. The molecule has 1 unspecified atom stereocenters. The summed E-state index contributed by atoms with van der Waals surface area (Å²) in [6.45, 7) is 0.200. The minimum Gasteiger partial charge on any atom is -0.433 e. The highest BCUT2D eigenvalue weighted by Crippen LogP contribution is 2.35. The number of nitrogens with zero attached hydrogens (tertiary/aromatic N) is 5. The van der Waals surface area contributed by atoms with Gasteiger partial charge in [0.1, 0.15) is 10.6 Å². The van der Waals surface area contributed by atoms with Crippen LogP contribution in [0.15, 0.2) is 34.1 Å². The quantitative estimate of drug-likeness (QED) is 0.742. The Kier molecular flexibility index (Phi) is 1.88. The molecule has 0 radical (unpaired) electrons. The van der Waals surface area contributed by atoms with E-state index in [-0.39, 0.29) is 6.54 Å². The van der Waals surface area contributed by atoms with Gasteiger partial charge in [-0.2, -0.15) is 9.79 Å². The van der Waals surface area contributed by atoms with E-state index in [0.29, 0.717) is 5.84 Å². The topological polar surface area (TPSA) is 79.8 Å². The molecule has 0 fully saturated rings. The highest BCUT2D eigenvalue weighted by Gasteiger charge is 2.51. The maximum absolute atomic E-state index is 11.7. The van der Waals surface area contributed by atoms with Crippen molar-refractivity contribution in [3.8, 4) is 5.69 Å². The van der Waals surface area contributed by atoms with Crippen molar-refractivity contribution < 1.29 is 14.5 Å². The Morgan fingerprint density at radius 1 is 1.53 bits per heavy atom. The fraction of sp³-hybridized carbons (Fsp3) is 0.0909. The summed E-state index contributed by atoms with van der Waals surface area (Å²) < 4.78 is 1.35. The Morgan fingerprint density at radius 2 is 2.42 bits per heavy atom. The van der Waals surface area contributed by atoms with Crippen LogP contribution in [-0.2, 0) is 6.54 Å². The first-order chi connectivity index (χ1) is 9.22. The Labute approximate surface area is 111 Å². The maximum Gasteiger partial charge on any atom is 0.548 e. The van der Waals surface area contributed by atoms with Crippen LogP contribution in [0.1, 0.15) is 10.6 Å². The third-order valence-corrected chi connectivity index (χ3v) is 4.21. The number of thiophene rings is 1. The van der Waals surface area contributed by atoms with E-state index in [1.807, 2.05) is 16.0 Å². The number of aromatic nitrogens is 2. The van der Waals surface area contributed by atoms with Gasteiger partial charge in [0.2, 0.25) is 0 Å². The Balaban J connectivity index is 2.08. The normalized spacial score (nSPS) is 23.3. The standard InChI is InChI=1S/C11H7N5O2S/c17-11(18)16-4-7-3-12-6-15(7)8-1-2-19-9(8)10(16)13-5-14-16/h1-3,5-6H,4H2/p+1. The molecule has 4 heterocycles. The molecule has 94 valence electrons. The van der Waals surface area contributed by atoms with Gasteiger partial charge < -0.3 is 5.11 Å². The summed E-state index contributed by atoms with van der Waals surface area (Å²) in [4.78, 5) is 20.8. The lowest BCUT2D eigenvalue weighted by Gasteiger charge is -2.20. The summed E-state index contributed by atoms with van der Waals surface area (Å²) >= 11 is 1.46. The minimum absolute atomic E-state index is 0.200. The third kappa shape index (κ3) is 1.19. The second-order valence-electron chi connectivity index (χ2n) is 4.28. The molecule has 2 aliphatic heterocycles. The molecule has 2 aliphatic rings. The molecule has 2 aromatic rings. The van der Waals surface area contributed by atoms with Gasteiger partial charge in [-0.15, -0.1) is 11.3 Å². The van der Waals surface area contributed by atoms with Crippen molar-refractivity contribution >= 4 is 29.6 Å². The minimum atomic E-state index is -1.04. The lowest BCUT2D eigenvalue weighted by atomic mass is 10.3. The Hall–Kier alpha value is -2.32. The molecule has 0 aromatic carbocycles. The molecule has 0 saturated heterocycles.